The first-order chi connectivity index (χ1) is 11.8. The van der Waals surface area contributed by atoms with E-state index in [-0.39, 0.29) is 11.3 Å². The molecule has 0 spiro atoms. The number of anilines is 1. The van der Waals surface area contributed by atoms with Crippen LogP contribution in [0.1, 0.15) is 52.9 Å². The molecule has 0 saturated carbocycles. The van der Waals surface area contributed by atoms with E-state index in [0.717, 1.165) is 0 Å². The van der Waals surface area contributed by atoms with Crippen LogP contribution in [0.5, 0.6) is 0 Å². The summed E-state index contributed by atoms with van der Waals surface area (Å²) in [5, 5.41) is 6.43. The van der Waals surface area contributed by atoms with Gasteiger partial charge in [-0.3, -0.25) is 9.59 Å². The van der Waals surface area contributed by atoms with Gasteiger partial charge in [0.2, 0.25) is 0 Å². The molecule has 0 aliphatic carbocycles. The maximum atomic E-state index is 12.3. The molecule has 0 aliphatic rings. The number of nitrogens with one attached hydrogen (secondary N) is 1. The normalized spacial score (nSPS) is 11.7. The smallest absolute Gasteiger partial charge is 0.344 e. The van der Waals surface area contributed by atoms with Crippen LogP contribution in [0, 0.1) is 6.92 Å². The molecule has 2 aromatic rings. The van der Waals surface area contributed by atoms with Crippen molar-refractivity contribution in [2.45, 2.75) is 40.2 Å². The van der Waals surface area contributed by atoms with Gasteiger partial charge in [-0.25, -0.2) is 4.79 Å². The van der Waals surface area contributed by atoms with E-state index in [1.54, 1.807) is 31.2 Å². The topological polar surface area (TPSA) is 98.5 Å². The van der Waals surface area contributed by atoms with E-state index in [1.165, 1.54) is 13.8 Å². The third kappa shape index (κ3) is 4.32. The van der Waals surface area contributed by atoms with E-state index in [4.69, 9.17) is 9.26 Å². The first-order valence-electron chi connectivity index (χ1n) is 7.91. The van der Waals surface area contributed by atoms with Gasteiger partial charge < -0.3 is 14.6 Å². The van der Waals surface area contributed by atoms with Crippen LogP contribution in [0.15, 0.2) is 28.8 Å². The maximum Gasteiger partial charge on any atom is 0.344 e. The van der Waals surface area contributed by atoms with Crippen molar-refractivity contribution in [3.8, 4) is 0 Å². The predicted molar refractivity (Wildman–Crippen MR) is 90.6 cm³/mol. The fourth-order valence-corrected chi connectivity index (χ4v) is 2.23. The van der Waals surface area contributed by atoms with E-state index in [1.807, 2.05) is 6.92 Å². The van der Waals surface area contributed by atoms with Crippen molar-refractivity contribution in [1.29, 1.82) is 0 Å². The van der Waals surface area contributed by atoms with Crippen molar-refractivity contribution in [1.82, 2.24) is 5.16 Å². The van der Waals surface area contributed by atoms with Crippen LogP contribution in [0.4, 0.5) is 5.69 Å². The first-order valence-corrected chi connectivity index (χ1v) is 7.91. The lowest BCUT2D eigenvalue weighted by Gasteiger charge is -2.13. The van der Waals surface area contributed by atoms with Gasteiger partial charge in [0.15, 0.2) is 11.9 Å². The molecule has 0 unspecified atom stereocenters. The van der Waals surface area contributed by atoms with Crippen molar-refractivity contribution < 1.29 is 23.6 Å². The molecule has 25 heavy (non-hydrogen) atoms. The molecule has 0 radical (unpaired) electrons. The standard InChI is InChI=1S/C18H20N2O5/c1-5-15-16(11(3)25-20-15)18(23)24-12(4)17(22)19-14-8-6-13(7-9-14)10(2)21/h6-9,12H,5H2,1-4H3,(H,19,22)/t12-/m1/s1. The number of aromatic nitrogens is 1. The number of hydrogen-bond acceptors (Lipinski definition) is 6. The monoisotopic (exact) mass is 344 g/mol. The van der Waals surface area contributed by atoms with Gasteiger partial charge in [-0.05, 0) is 51.5 Å². The number of ether oxygens (including phenoxy) is 1. The Morgan fingerprint density at radius 2 is 1.88 bits per heavy atom. The summed E-state index contributed by atoms with van der Waals surface area (Å²) in [6.45, 7) is 6.40. The van der Waals surface area contributed by atoms with Gasteiger partial charge in [-0.15, -0.1) is 0 Å². The quantitative estimate of drug-likeness (QED) is 0.639. The predicted octanol–water partition coefficient (Wildman–Crippen LogP) is 2.93. The third-order valence-corrected chi connectivity index (χ3v) is 3.68. The van der Waals surface area contributed by atoms with Gasteiger partial charge in [0.1, 0.15) is 11.3 Å². The lowest BCUT2D eigenvalue weighted by atomic mass is 10.1. The second-order valence-electron chi connectivity index (χ2n) is 5.58. The van der Waals surface area contributed by atoms with E-state index in [2.05, 4.69) is 10.5 Å². The minimum absolute atomic E-state index is 0.0593. The fraction of sp³-hybridized carbons (Fsp3) is 0.333. The zero-order chi connectivity index (χ0) is 18.6. The molecular formula is C18H20N2O5. The van der Waals surface area contributed by atoms with Crippen LogP contribution < -0.4 is 5.32 Å². The zero-order valence-electron chi connectivity index (χ0n) is 14.6. The number of carbonyl (C=O) groups is 3. The van der Waals surface area contributed by atoms with Gasteiger partial charge in [0.25, 0.3) is 5.91 Å². The highest BCUT2D eigenvalue weighted by Crippen LogP contribution is 2.17. The van der Waals surface area contributed by atoms with Gasteiger partial charge in [-0.1, -0.05) is 12.1 Å². The first kappa shape index (κ1) is 18.4. The Bertz CT molecular complexity index is 792. The molecule has 1 amide bonds. The molecule has 0 bridgehead atoms. The molecule has 0 aliphatic heterocycles. The SMILES string of the molecule is CCc1noc(C)c1C(=O)O[C@H](C)C(=O)Nc1ccc(C(C)=O)cc1. The van der Waals surface area contributed by atoms with Gasteiger partial charge >= 0.3 is 5.97 Å². The van der Waals surface area contributed by atoms with Crippen molar-refractivity contribution in [2.75, 3.05) is 5.32 Å². The lowest BCUT2D eigenvalue weighted by molar-refractivity contribution is -0.123. The number of benzene rings is 1. The Morgan fingerprint density at radius 3 is 2.44 bits per heavy atom. The Kier molecular flexibility index (Phi) is 5.69. The Balaban J connectivity index is 2.01. The fourth-order valence-electron chi connectivity index (χ4n) is 2.23. The molecular weight excluding hydrogens is 324 g/mol. The minimum Gasteiger partial charge on any atom is -0.449 e. The number of ketones is 1. The molecule has 0 fully saturated rings. The van der Waals surface area contributed by atoms with Gasteiger partial charge in [-0.2, -0.15) is 0 Å². The van der Waals surface area contributed by atoms with Crippen molar-refractivity contribution in [2.24, 2.45) is 0 Å². The molecule has 1 aromatic heterocycles. The Morgan fingerprint density at radius 1 is 1.24 bits per heavy atom. The van der Waals surface area contributed by atoms with Crippen LogP contribution in [0.2, 0.25) is 0 Å². The van der Waals surface area contributed by atoms with Crippen molar-refractivity contribution in [3.63, 3.8) is 0 Å². The summed E-state index contributed by atoms with van der Waals surface area (Å²) >= 11 is 0. The molecule has 1 aromatic carbocycles. The zero-order valence-corrected chi connectivity index (χ0v) is 14.6. The van der Waals surface area contributed by atoms with Gasteiger partial charge in [0, 0.05) is 11.3 Å². The summed E-state index contributed by atoms with van der Waals surface area (Å²) in [7, 11) is 0. The highest BCUT2D eigenvalue weighted by atomic mass is 16.5. The highest BCUT2D eigenvalue weighted by molar-refractivity contribution is 5.99. The van der Waals surface area contributed by atoms with Crippen LogP contribution in [0.25, 0.3) is 0 Å². The average molecular weight is 344 g/mol. The largest absolute Gasteiger partial charge is 0.449 e. The molecule has 1 N–H and O–H groups in total. The van der Waals surface area contributed by atoms with Crippen LogP contribution in [-0.4, -0.2) is 28.9 Å². The van der Waals surface area contributed by atoms with Crippen LogP contribution >= 0.6 is 0 Å². The molecule has 1 atom stereocenters. The number of carbonyl (C=O) groups excluding carboxylic acids is 3. The second-order valence-corrected chi connectivity index (χ2v) is 5.58. The number of esters is 1. The van der Waals surface area contributed by atoms with Gasteiger partial charge in [0.05, 0.1) is 5.69 Å². The number of rotatable bonds is 6. The number of hydrogen-bond donors (Lipinski definition) is 1. The maximum absolute atomic E-state index is 12.3. The second kappa shape index (κ2) is 7.74. The van der Waals surface area contributed by atoms with Crippen molar-refractivity contribution in [3.05, 3.63) is 46.8 Å². The summed E-state index contributed by atoms with van der Waals surface area (Å²) in [6.07, 6.45) is -0.482. The molecule has 0 saturated heterocycles. The molecule has 7 heteroatoms. The number of amides is 1. The minimum atomic E-state index is -1.00. The Hall–Kier alpha value is -2.96. The molecule has 7 nitrogen and oxygen atoms in total. The molecule has 2 rings (SSSR count). The molecule has 132 valence electrons. The van der Waals surface area contributed by atoms with E-state index in [9.17, 15) is 14.4 Å². The summed E-state index contributed by atoms with van der Waals surface area (Å²) in [5.74, 6) is -0.827. The lowest BCUT2D eigenvalue weighted by Crippen LogP contribution is -2.30. The summed E-state index contributed by atoms with van der Waals surface area (Å²) in [6, 6.07) is 6.45. The van der Waals surface area contributed by atoms with E-state index >= 15 is 0 Å². The summed E-state index contributed by atoms with van der Waals surface area (Å²) in [4.78, 5) is 35.7. The highest BCUT2D eigenvalue weighted by Gasteiger charge is 2.25. The van der Waals surface area contributed by atoms with E-state index in [0.29, 0.717) is 29.1 Å². The van der Waals surface area contributed by atoms with E-state index < -0.39 is 18.0 Å². The van der Waals surface area contributed by atoms with Crippen molar-refractivity contribution >= 4 is 23.3 Å². The molecule has 1 heterocycles. The Labute approximate surface area is 145 Å². The summed E-state index contributed by atoms with van der Waals surface area (Å²) in [5.41, 5.74) is 1.81. The van der Waals surface area contributed by atoms with Crippen LogP contribution in [0.3, 0.4) is 0 Å². The third-order valence-electron chi connectivity index (χ3n) is 3.68. The summed E-state index contributed by atoms with van der Waals surface area (Å²) < 4.78 is 10.2. The number of aryl methyl sites for hydroxylation is 2. The number of nitrogens with zero attached hydrogens (tertiary/aromatic N) is 1. The average Bonchev–Trinajstić information content (AvgIpc) is 2.96. The van der Waals surface area contributed by atoms with Crippen LogP contribution in [-0.2, 0) is 16.0 Å². The number of Topliss-reactive ketones (excluding diaryl/α,β-unsaturated/α-hetero) is 1.